The number of ether oxygens (including phenoxy) is 1. The van der Waals surface area contributed by atoms with Crippen LogP contribution in [0.3, 0.4) is 0 Å². The minimum absolute atomic E-state index is 0.00133. The van der Waals surface area contributed by atoms with Crippen molar-refractivity contribution in [2.24, 2.45) is 0 Å². The Hall–Kier alpha value is -3.29. The fourth-order valence-corrected chi connectivity index (χ4v) is 5.93. The molecule has 0 aromatic heterocycles. The molecular weight excluding hydrogens is 522 g/mol. The van der Waals surface area contributed by atoms with Gasteiger partial charge in [-0.3, -0.25) is 9.69 Å². The fraction of sp³-hybridized carbons (Fsp3) is 0.441. The number of carboxylic acids is 1. The second-order valence-corrected chi connectivity index (χ2v) is 11.2. The van der Waals surface area contributed by atoms with Gasteiger partial charge in [-0.2, -0.15) is 0 Å². The van der Waals surface area contributed by atoms with E-state index < -0.39 is 17.6 Å². The van der Waals surface area contributed by atoms with E-state index in [1.807, 2.05) is 37.3 Å². The van der Waals surface area contributed by atoms with Crippen molar-refractivity contribution >= 4 is 5.97 Å². The van der Waals surface area contributed by atoms with E-state index in [0.29, 0.717) is 37.2 Å². The summed E-state index contributed by atoms with van der Waals surface area (Å²) in [6.45, 7) is 10.7. The summed E-state index contributed by atoms with van der Waals surface area (Å²) in [7, 11) is 0. The summed E-state index contributed by atoms with van der Waals surface area (Å²) in [6, 6.07) is 15.9. The number of benzene rings is 3. The van der Waals surface area contributed by atoms with Gasteiger partial charge in [0.25, 0.3) is 0 Å². The molecule has 3 aromatic rings. The molecule has 0 aliphatic carbocycles. The van der Waals surface area contributed by atoms with Gasteiger partial charge in [0.15, 0.2) is 0 Å². The first-order chi connectivity index (χ1) is 19.7. The molecule has 0 saturated carbocycles. The summed E-state index contributed by atoms with van der Waals surface area (Å²) in [5, 5.41) is 11.7. The summed E-state index contributed by atoms with van der Waals surface area (Å²) in [5.74, 6) is -1.29. The molecule has 4 rings (SSSR count). The molecule has 41 heavy (non-hydrogen) atoms. The second-order valence-electron chi connectivity index (χ2n) is 11.2. The molecule has 1 fully saturated rings. The molecule has 1 heterocycles. The van der Waals surface area contributed by atoms with Crippen molar-refractivity contribution in [2.75, 3.05) is 19.7 Å². The van der Waals surface area contributed by atoms with Gasteiger partial charge in [0, 0.05) is 37.2 Å². The first-order valence-corrected chi connectivity index (χ1v) is 14.7. The summed E-state index contributed by atoms with van der Waals surface area (Å²) < 4.78 is 36.2. The third-order valence-electron chi connectivity index (χ3n) is 8.36. The van der Waals surface area contributed by atoms with Crippen LogP contribution in [-0.4, -0.2) is 47.8 Å². The predicted octanol–water partition coefficient (Wildman–Crippen LogP) is 7.51. The molecule has 1 aliphatic rings. The minimum Gasteiger partial charge on any atom is -0.493 e. The largest absolute Gasteiger partial charge is 0.493 e. The van der Waals surface area contributed by atoms with Crippen LogP contribution in [-0.2, 0) is 11.3 Å². The van der Waals surface area contributed by atoms with Crippen LogP contribution >= 0.6 is 0 Å². The molecule has 0 bridgehead atoms. The molecule has 0 radical (unpaired) electrons. The van der Waals surface area contributed by atoms with Crippen LogP contribution in [0.2, 0.25) is 0 Å². The Balaban J connectivity index is 1.47. The lowest BCUT2D eigenvalue weighted by Crippen LogP contribution is -2.34. The molecule has 1 saturated heterocycles. The van der Waals surface area contributed by atoms with E-state index in [4.69, 9.17) is 9.84 Å². The average molecular weight is 565 g/mol. The predicted molar refractivity (Wildman–Crippen MR) is 160 cm³/mol. The highest BCUT2D eigenvalue weighted by molar-refractivity contribution is 5.80. The van der Waals surface area contributed by atoms with Gasteiger partial charge in [-0.25, -0.2) is 8.78 Å². The number of rotatable bonds is 13. The maximum atomic E-state index is 15.0. The Morgan fingerprint density at radius 3 is 2.22 bits per heavy atom. The van der Waals surface area contributed by atoms with Crippen LogP contribution in [0.4, 0.5) is 8.78 Å². The molecule has 2 atom stereocenters. The quantitative estimate of drug-likeness (QED) is 0.210. The Kier molecular flexibility index (Phi) is 10.5. The number of nitrogens with zero attached hydrogens (tertiary/aromatic N) is 1. The lowest BCUT2D eigenvalue weighted by molar-refractivity contribution is -0.137. The lowest BCUT2D eigenvalue weighted by Gasteiger charge is -2.25. The zero-order chi connectivity index (χ0) is 29.5. The van der Waals surface area contributed by atoms with Crippen LogP contribution in [0.25, 0.3) is 22.3 Å². The van der Waals surface area contributed by atoms with Crippen LogP contribution in [0, 0.1) is 25.5 Å². The number of hydrogen-bond donors (Lipinski definition) is 2. The number of carboxylic acid groups (broad SMARTS) is 1. The third kappa shape index (κ3) is 7.52. The van der Waals surface area contributed by atoms with E-state index in [2.05, 4.69) is 37.1 Å². The molecule has 7 heteroatoms. The number of likely N-dealkylation sites (tertiary alicyclic amines) is 1. The zero-order valence-electron chi connectivity index (χ0n) is 24.6. The monoisotopic (exact) mass is 564 g/mol. The normalized spacial score (nSPS) is 17.2. The van der Waals surface area contributed by atoms with Gasteiger partial charge >= 0.3 is 5.97 Å². The van der Waals surface area contributed by atoms with E-state index in [1.165, 1.54) is 25.0 Å². The molecule has 0 unspecified atom stereocenters. The maximum absolute atomic E-state index is 15.0. The molecule has 3 aromatic carbocycles. The second kappa shape index (κ2) is 14.1. The van der Waals surface area contributed by atoms with Crippen molar-refractivity contribution in [3.8, 4) is 28.0 Å². The Morgan fingerprint density at radius 1 is 0.951 bits per heavy atom. The van der Waals surface area contributed by atoms with Gasteiger partial charge in [0.05, 0.1) is 6.61 Å². The standard InChI is InChI=1S/C34H42F2N2O3/c1-22-14-15-23(2)38(22)17-8-18-41-33-12-6-11-29(25(33)4)28-10-5-9-27(24(28)3)26-19-31(35)30(32(36)20-26)21-37-16-7-13-34(39)40/h5-6,9-12,19-20,22-23,37H,7-8,13-18,21H2,1-4H3,(H,39,40)/t22-,23-/m1/s1. The van der Waals surface area contributed by atoms with Gasteiger partial charge in [-0.1, -0.05) is 30.3 Å². The number of aliphatic carboxylic acids is 1. The van der Waals surface area contributed by atoms with Crippen molar-refractivity contribution in [1.82, 2.24) is 10.2 Å². The summed E-state index contributed by atoms with van der Waals surface area (Å²) in [6.07, 6.45) is 3.90. The van der Waals surface area contributed by atoms with Crippen LogP contribution in [0.1, 0.15) is 62.6 Å². The van der Waals surface area contributed by atoms with E-state index in [-0.39, 0.29) is 18.5 Å². The van der Waals surface area contributed by atoms with Crippen molar-refractivity contribution in [2.45, 2.75) is 78.4 Å². The molecular formula is C34H42F2N2O3. The highest BCUT2D eigenvalue weighted by atomic mass is 19.1. The fourth-order valence-electron chi connectivity index (χ4n) is 5.93. The van der Waals surface area contributed by atoms with E-state index in [9.17, 15) is 4.79 Å². The number of hydrogen-bond acceptors (Lipinski definition) is 4. The molecule has 220 valence electrons. The number of carbonyl (C=O) groups is 1. The van der Waals surface area contributed by atoms with Crippen molar-refractivity contribution in [3.63, 3.8) is 0 Å². The topological polar surface area (TPSA) is 61.8 Å². The van der Waals surface area contributed by atoms with E-state index in [0.717, 1.165) is 46.5 Å². The SMILES string of the molecule is Cc1c(OCCCN2[C@H](C)CC[C@H]2C)cccc1-c1cccc(-c2cc(F)c(CNCCCC(=O)O)c(F)c2)c1C. The molecule has 5 nitrogen and oxygen atoms in total. The Morgan fingerprint density at radius 2 is 1.56 bits per heavy atom. The maximum Gasteiger partial charge on any atom is 0.303 e. The molecule has 1 aliphatic heterocycles. The Labute approximate surface area is 242 Å². The van der Waals surface area contributed by atoms with Crippen molar-refractivity contribution in [1.29, 1.82) is 0 Å². The summed E-state index contributed by atoms with van der Waals surface area (Å²) in [4.78, 5) is 13.2. The van der Waals surface area contributed by atoms with E-state index in [1.54, 1.807) is 0 Å². The van der Waals surface area contributed by atoms with Crippen LogP contribution in [0.5, 0.6) is 5.75 Å². The first kappa shape index (κ1) is 30.7. The van der Waals surface area contributed by atoms with Gasteiger partial charge in [-0.15, -0.1) is 0 Å². The molecule has 2 N–H and O–H groups in total. The number of halogens is 2. The van der Waals surface area contributed by atoms with Gasteiger partial charge < -0.3 is 15.2 Å². The summed E-state index contributed by atoms with van der Waals surface area (Å²) in [5.41, 5.74) is 5.19. The van der Waals surface area contributed by atoms with Crippen molar-refractivity contribution < 1.29 is 23.4 Å². The van der Waals surface area contributed by atoms with Gasteiger partial charge in [-0.05, 0) is 112 Å². The molecule has 0 spiro atoms. The number of nitrogens with one attached hydrogen (secondary N) is 1. The lowest BCUT2D eigenvalue weighted by atomic mass is 9.90. The highest BCUT2D eigenvalue weighted by Crippen LogP contribution is 2.37. The van der Waals surface area contributed by atoms with Gasteiger partial charge in [0.2, 0.25) is 0 Å². The summed E-state index contributed by atoms with van der Waals surface area (Å²) >= 11 is 0. The highest BCUT2D eigenvalue weighted by Gasteiger charge is 2.26. The smallest absolute Gasteiger partial charge is 0.303 e. The third-order valence-corrected chi connectivity index (χ3v) is 8.36. The van der Waals surface area contributed by atoms with Crippen LogP contribution < -0.4 is 10.1 Å². The van der Waals surface area contributed by atoms with E-state index >= 15 is 8.78 Å². The first-order valence-electron chi connectivity index (χ1n) is 14.7. The van der Waals surface area contributed by atoms with Crippen LogP contribution in [0.15, 0.2) is 48.5 Å². The molecule has 0 amide bonds. The average Bonchev–Trinajstić information content (AvgIpc) is 3.25. The van der Waals surface area contributed by atoms with Crippen molar-refractivity contribution in [3.05, 3.63) is 76.9 Å². The van der Waals surface area contributed by atoms with Gasteiger partial charge in [0.1, 0.15) is 17.4 Å². The Bertz CT molecular complexity index is 1330. The minimum atomic E-state index is -0.891. The zero-order valence-corrected chi connectivity index (χ0v) is 24.6.